The first-order chi connectivity index (χ1) is 8.60. The van der Waals surface area contributed by atoms with Crippen LogP contribution in [-0.4, -0.2) is 33.4 Å². The van der Waals surface area contributed by atoms with E-state index < -0.39 is 11.6 Å². The van der Waals surface area contributed by atoms with Crippen molar-refractivity contribution in [3.63, 3.8) is 0 Å². The summed E-state index contributed by atoms with van der Waals surface area (Å²) in [5, 5.41) is 0. The molecule has 0 aliphatic heterocycles. The maximum absolute atomic E-state index is 11.6. The summed E-state index contributed by atoms with van der Waals surface area (Å²) >= 11 is 3.14. The lowest BCUT2D eigenvalue weighted by molar-refractivity contribution is 0.0558. The highest BCUT2D eigenvalue weighted by molar-refractivity contribution is 9.10. The van der Waals surface area contributed by atoms with Gasteiger partial charge < -0.3 is 18.6 Å². The molecule has 0 saturated carbocycles. The maximum Gasteiger partial charge on any atom is 0.380 e. The summed E-state index contributed by atoms with van der Waals surface area (Å²) < 4.78 is 19.7. The monoisotopic (exact) mass is 320 g/mol. The fourth-order valence-corrected chi connectivity index (χ4v) is 1.64. The molecule has 0 aromatic carbocycles. The molecule has 1 aromatic heterocycles. The Bertz CT molecular complexity index is 467. The van der Waals surface area contributed by atoms with Crippen LogP contribution in [0.5, 0.6) is 5.75 Å². The van der Waals surface area contributed by atoms with Crippen molar-refractivity contribution >= 4 is 21.9 Å². The van der Waals surface area contributed by atoms with E-state index in [2.05, 4.69) is 20.7 Å². The number of methoxy groups -OCH3 is 2. The van der Waals surface area contributed by atoms with E-state index in [9.17, 15) is 9.59 Å². The summed E-state index contributed by atoms with van der Waals surface area (Å²) in [7, 11) is 2.78. The van der Waals surface area contributed by atoms with E-state index in [0.29, 0.717) is 24.1 Å². The van der Waals surface area contributed by atoms with E-state index >= 15 is 0 Å². The quantitative estimate of drug-likeness (QED) is 0.585. The van der Waals surface area contributed by atoms with Crippen LogP contribution in [0, 0.1) is 0 Å². The van der Waals surface area contributed by atoms with Crippen LogP contribution in [0.3, 0.4) is 0 Å². The van der Waals surface area contributed by atoms with Gasteiger partial charge in [0.2, 0.25) is 11.5 Å². The summed E-state index contributed by atoms with van der Waals surface area (Å²) in [6.07, 6.45) is 0.640. The number of halogens is 1. The Morgan fingerprint density at radius 2 is 2.11 bits per heavy atom. The number of carbonyl (C=O) groups excluding carboxylic acids is 1. The average molecular weight is 321 g/mol. The molecule has 7 heteroatoms. The number of ether oxygens (including phenoxy) is 3. The highest BCUT2D eigenvalue weighted by Gasteiger charge is 2.16. The van der Waals surface area contributed by atoms with Crippen LogP contribution >= 0.6 is 15.9 Å². The molecule has 0 atom stereocenters. The molecule has 1 rings (SSSR count). The zero-order chi connectivity index (χ0) is 13.5. The molecular formula is C11H13BrO6. The molecule has 0 radical (unpaired) electrons. The predicted octanol–water partition coefficient (Wildman–Crippen LogP) is 1.60. The van der Waals surface area contributed by atoms with E-state index in [-0.39, 0.29) is 11.5 Å². The van der Waals surface area contributed by atoms with Gasteiger partial charge in [-0.1, -0.05) is 0 Å². The van der Waals surface area contributed by atoms with Gasteiger partial charge in [-0.25, -0.2) is 9.59 Å². The Morgan fingerprint density at radius 1 is 1.39 bits per heavy atom. The van der Waals surface area contributed by atoms with Crippen LogP contribution in [0.15, 0.2) is 19.8 Å². The van der Waals surface area contributed by atoms with Gasteiger partial charge in [0.05, 0.1) is 18.2 Å². The molecule has 1 heterocycles. The van der Waals surface area contributed by atoms with Gasteiger partial charge in [-0.2, -0.15) is 0 Å². The van der Waals surface area contributed by atoms with E-state index in [0.717, 1.165) is 0 Å². The standard InChI is InChI=1S/C11H13BrO6/c1-15-4-3-5-17-9-7(12)6-8(10(13)16-2)18-11(9)14/h6H,3-5H2,1-2H3. The van der Waals surface area contributed by atoms with Crippen molar-refractivity contribution in [2.75, 3.05) is 27.4 Å². The van der Waals surface area contributed by atoms with Crippen molar-refractivity contribution in [1.29, 1.82) is 0 Å². The number of hydrogen-bond donors (Lipinski definition) is 0. The van der Waals surface area contributed by atoms with Crippen molar-refractivity contribution in [1.82, 2.24) is 0 Å². The molecule has 0 amide bonds. The SMILES string of the molecule is COCCCOc1c(Br)cc(C(=O)OC)oc1=O. The van der Waals surface area contributed by atoms with E-state index in [1.54, 1.807) is 7.11 Å². The van der Waals surface area contributed by atoms with Crippen molar-refractivity contribution in [3.8, 4) is 5.75 Å². The smallest absolute Gasteiger partial charge is 0.380 e. The summed E-state index contributed by atoms with van der Waals surface area (Å²) in [5.74, 6) is -0.879. The molecule has 100 valence electrons. The lowest BCUT2D eigenvalue weighted by atomic mass is 10.4. The molecule has 1 aromatic rings. The Morgan fingerprint density at radius 3 is 2.67 bits per heavy atom. The molecule has 0 N–H and O–H groups in total. The van der Waals surface area contributed by atoms with Crippen molar-refractivity contribution < 1.29 is 23.4 Å². The minimum Gasteiger partial charge on any atom is -0.486 e. The number of hydrogen-bond acceptors (Lipinski definition) is 6. The zero-order valence-electron chi connectivity index (χ0n) is 10.0. The number of carbonyl (C=O) groups is 1. The van der Waals surface area contributed by atoms with E-state index in [4.69, 9.17) is 13.9 Å². The fraction of sp³-hybridized carbons (Fsp3) is 0.455. The highest BCUT2D eigenvalue weighted by Crippen LogP contribution is 2.22. The normalized spacial score (nSPS) is 10.2. The lowest BCUT2D eigenvalue weighted by Crippen LogP contribution is -2.13. The molecule has 0 unspecified atom stereocenters. The molecule has 0 bridgehead atoms. The summed E-state index contributed by atoms with van der Waals surface area (Å²) in [6, 6.07) is 1.33. The molecule has 0 aliphatic rings. The molecule has 18 heavy (non-hydrogen) atoms. The minimum atomic E-state index is -0.734. The summed E-state index contributed by atoms with van der Waals surface area (Å²) in [5.41, 5.74) is -0.734. The molecule has 0 spiro atoms. The van der Waals surface area contributed by atoms with Gasteiger partial charge in [-0.15, -0.1) is 0 Å². The maximum atomic E-state index is 11.6. The van der Waals surface area contributed by atoms with Gasteiger partial charge >= 0.3 is 11.6 Å². The van der Waals surface area contributed by atoms with Crippen LogP contribution in [-0.2, 0) is 9.47 Å². The van der Waals surface area contributed by atoms with Gasteiger partial charge in [0.15, 0.2) is 0 Å². The number of esters is 1. The van der Waals surface area contributed by atoms with Crippen molar-refractivity contribution in [2.45, 2.75) is 6.42 Å². The third-order valence-electron chi connectivity index (χ3n) is 1.99. The summed E-state index contributed by atoms with van der Waals surface area (Å²) in [6.45, 7) is 0.845. The minimum absolute atomic E-state index is 0.0266. The van der Waals surface area contributed by atoms with Gasteiger partial charge in [-0.05, 0) is 15.9 Å². The summed E-state index contributed by atoms with van der Waals surface area (Å²) in [4.78, 5) is 22.8. The second-order valence-electron chi connectivity index (χ2n) is 3.26. The Hall–Kier alpha value is -1.34. The zero-order valence-corrected chi connectivity index (χ0v) is 11.6. The molecule has 0 fully saturated rings. The van der Waals surface area contributed by atoms with Crippen LogP contribution < -0.4 is 10.4 Å². The first-order valence-electron chi connectivity index (χ1n) is 5.13. The molecule has 0 saturated heterocycles. The van der Waals surface area contributed by atoms with Gasteiger partial charge in [0, 0.05) is 26.2 Å². The second kappa shape index (κ2) is 7.17. The Kier molecular flexibility index (Phi) is 5.87. The Balaban J connectivity index is 2.82. The third-order valence-corrected chi connectivity index (χ3v) is 2.58. The van der Waals surface area contributed by atoms with Gasteiger partial charge in [-0.3, -0.25) is 0 Å². The van der Waals surface area contributed by atoms with Crippen LogP contribution in [0.25, 0.3) is 0 Å². The first kappa shape index (κ1) is 14.7. The van der Waals surface area contributed by atoms with Crippen LogP contribution in [0.1, 0.15) is 17.0 Å². The van der Waals surface area contributed by atoms with E-state index in [1.807, 2.05) is 0 Å². The average Bonchev–Trinajstić information content (AvgIpc) is 2.35. The first-order valence-corrected chi connectivity index (χ1v) is 5.93. The highest BCUT2D eigenvalue weighted by atomic mass is 79.9. The number of rotatable bonds is 6. The van der Waals surface area contributed by atoms with E-state index in [1.165, 1.54) is 13.2 Å². The van der Waals surface area contributed by atoms with Gasteiger partial charge in [0.25, 0.3) is 0 Å². The van der Waals surface area contributed by atoms with Gasteiger partial charge in [0.1, 0.15) is 0 Å². The Labute approximate surface area is 112 Å². The topological polar surface area (TPSA) is 75.0 Å². The molecular weight excluding hydrogens is 308 g/mol. The second-order valence-corrected chi connectivity index (χ2v) is 4.12. The van der Waals surface area contributed by atoms with Crippen molar-refractivity contribution in [2.24, 2.45) is 0 Å². The predicted molar refractivity (Wildman–Crippen MR) is 66.0 cm³/mol. The largest absolute Gasteiger partial charge is 0.486 e. The molecule has 0 aliphatic carbocycles. The van der Waals surface area contributed by atoms with Crippen molar-refractivity contribution in [3.05, 3.63) is 26.7 Å². The fourth-order valence-electron chi connectivity index (χ4n) is 1.16. The lowest BCUT2D eigenvalue weighted by Gasteiger charge is -2.07. The third kappa shape index (κ3) is 3.85. The molecule has 6 nitrogen and oxygen atoms in total. The van der Waals surface area contributed by atoms with Crippen LogP contribution in [0.2, 0.25) is 0 Å². The van der Waals surface area contributed by atoms with Crippen LogP contribution in [0.4, 0.5) is 0 Å².